The molecule has 16 heavy (non-hydrogen) atoms. The van der Waals surface area contributed by atoms with Gasteiger partial charge in [-0.3, -0.25) is 0 Å². The molecule has 0 fully saturated rings. The smallest absolute Gasteiger partial charge is 0.178 e. The van der Waals surface area contributed by atoms with E-state index in [1.54, 1.807) is 0 Å². The highest BCUT2D eigenvalue weighted by Gasteiger charge is 2.18. The molecule has 0 atom stereocenters. The fourth-order valence-electron chi connectivity index (χ4n) is 1.88. The van der Waals surface area contributed by atoms with Crippen molar-refractivity contribution in [2.75, 3.05) is 5.75 Å². The van der Waals surface area contributed by atoms with Gasteiger partial charge in [0.05, 0.1) is 10.6 Å². The Balaban J connectivity index is 3.48. The lowest BCUT2D eigenvalue weighted by atomic mass is 10.00. The molecule has 0 heterocycles. The van der Waals surface area contributed by atoms with Crippen molar-refractivity contribution >= 4 is 9.84 Å². The van der Waals surface area contributed by atoms with E-state index in [1.807, 2.05) is 40.7 Å². The van der Waals surface area contributed by atoms with Crippen molar-refractivity contribution in [2.24, 2.45) is 0 Å². The van der Waals surface area contributed by atoms with Crippen LogP contribution in [0.1, 0.15) is 35.6 Å². The summed E-state index contributed by atoms with van der Waals surface area (Å²) < 4.78 is 24.1. The van der Waals surface area contributed by atoms with Gasteiger partial charge in [0.25, 0.3) is 0 Å². The summed E-state index contributed by atoms with van der Waals surface area (Å²) in [5.74, 6) is 0.232. The first-order valence-corrected chi connectivity index (χ1v) is 7.26. The first-order valence-electron chi connectivity index (χ1n) is 5.61. The summed E-state index contributed by atoms with van der Waals surface area (Å²) >= 11 is 0. The van der Waals surface area contributed by atoms with Gasteiger partial charge < -0.3 is 0 Å². The third-order valence-electron chi connectivity index (χ3n) is 3.24. The maximum absolute atomic E-state index is 12.1. The zero-order valence-corrected chi connectivity index (χ0v) is 11.5. The Hall–Kier alpha value is -0.830. The number of aryl methyl sites for hydroxylation is 1. The quantitative estimate of drug-likeness (QED) is 0.813. The second-order valence-corrected chi connectivity index (χ2v) is 6.46. The average Bonchev–Trinajstić information content (AvgIpc) is 2.20. The molecule has 1 rings (SSSR count). The van der Waals surface area contributed by atoms with E-state index < -0.39 is 9.84 Å². The maximum atomic E-state index is 12.1. The molecule has 0 N–H and O–H groups in total. The average molecular weight is 240 g/mol. The van der Waals surface area contributed by atoms with Crippen LogP contribution >= 0.6 is 0 Å². The first kappa shape index (κ1) is 13.2. The fraction of sp³-hybridized carbons (Fsp3) is 0.538. The molecule has 0 amide bonds. The van der Waals surface area contributed by atoms with Gasteiger partial charge in [-0.1, -0.05) is 6.92 Å². The molecule has 0 aliphatic rings. The van der Waals surface area contributed by atoms with Crippen LogP contribution in [0.2, 0.25) is 0 Å². The zero-order valence-electron chi connectivity index (χ0n) is 10.7. The van der Waals surface area contributed by atoms with Gasteiger partial charge >= 0.3 is 0 Å². The van der Waals surface area contributed by atoms with E-state index in [1.165, 1.54) is 5.56 Å². The summed E-state index contributed by atoms with van der Waals surface area (Å²) in [4.78, 5) is 0.509. The molecule has 0 unspecified atom stereocenters. The van der Waals surface area contributed by atoms with Crippen LogP contribution in [0.5, 0.6) is 0 Å². The lowest BCUT2D eigenvalue weighted by Crippen LogP contribution is -2.10. The summed E-state index contributed by atoms with van der Waals surface area (Å²) in [5, 5.41) is 0. The molecular weight excluding hydrogens is 220 g/mol. The summed E-state index contributed by atoms with van der Waals surface area (Å²) in [6.07, 6.45) is 0.660. The van der Waals surface area contributed by atoms with Crippen molar-refractivity contribution in [1.29, 1.82) is 0 Å². The highest BCUT2D eigenvalue weighted by atomic mass is 32.2. The topological polar surface area (TPSA) is 34.1 Å². The normalized spacial score (nSPS) is 11.8. The molecule has 0 saturated carbocycles. The molecule has 0 aliphatic heterocycles. The summed E-state index contributed by atoms with van der Waals surface area (Å²) in [6.45, 7) is 9.77. The van der Waals surface area contributed by atoms with Crippen molar-refractivity contribution in [3.63, 3.8) is 0 Å². The first-order chi connectivity index (χ1) is 7.31. The van der Waals surface area contributed by atoms with Gasteiger partial charge in [-0.05, 0) is 62.4 Å². The predicted molar refractivity (Wildman–Crippen MR) is 67.7 cm³/mol. The van der Waals surface area contributed by atoms with Gasteiger partial charge in [-0.15, -0.1) is 0 Å². The minimum Gasteiger partial charge on any atom is -0.224 e. The molecule has 2 nitrogen and oxygen atoms in total. The Morgan fingerprint density at radius 1 is 1.00 bits per heavy atom. The van der Waals surface area contributed by atoms with Crippen molar-refractivity contribution in [3.05, 3.63) is 28.3 Å². The second kappa shape index (κ2) is 4.58. The Kier molecular flexibility index (Phi) is 3.79. The van der Waals surface area contributed by atoms with Crippen molar-refractivity contribution in [3.8, 4) is 0 Å². The standard InChI is InChI=1S/C13H20O2S/c1-6-7-16(14,15)13-8-9(2)10(3)11(4)12(13)5/h8H,6-7H2,1-5H3. The van der Waals surface area contributed by atoms with Crippen LogP contribution in [-0.2, 0) is 9.84 Å². The molecule has 0 spiro atoms. The zero-order chi connectivity index (χ0) is 12.5. The van der Waals surface area contributed by atoms with Crippen molar-refractivity contribution < 1.29 is 8.42 Å². The summed E-state index contributed by atoms with van der Waals surface area (Å²) in [6, 6.07) is 1.81. The third kappa shape index (κ3) is 2.29. The number of rotatable bonds is 3. The Labute approximate surface area is 98.6 Å². The molecule has 90 valence electrons. The second-order valence-electron chi connectivity index (χ2n) is 4.39. The van der Waals surface area contributed by atoms with Gasteiger partial charge in [0, 0.05) is 0 Å². The van der Waals surface area contributed by atoms with Gasteiger partial charge in [-0.2, -0.15) is 0 Å². The molecular formula is C13H20O2S. The van der Waals surface area contributed by atoms with Gasteiger partial charge in [0.2, 0.25) is 0 Å². The molecule has 0 radical (unpaired) electrons. The Morgan fingerprint density at radius 3 is 2.06 bits per heavy atom. The number of benzene rings is 1. The van der Waals surface area contributed by atoms with E-state index in [0.717, 1.165) is 16.7 Å². The monoisotopic (exact) mass is 240 g/mol. The van der Waals surface area contributed by atoms with Crippen LogP contribution in [0.15, 0.2) is 11.0 Å². The Bertz CT molecular complexity index is 499. The molecule has 3 heteroatoms. The van der Waals surface area contributed by atoms with E-state index in [2.05, 4.69) is 0 Å². The van der Waals surface area contributed by atoms with Crippen molar-refractivity contribution in [2.45, 2.75) is 45.9 Å². The largest absolute Gasteiger partial charge is 0.224 e. The Morgan fingerprint density at radius 2 is 1.56 bits per heavy atom. The van der Waals surface area contributed by atoms with Crippen LogP contribution in [0, 0.1) is 27.7 Å². The predicted octanol–water partition coefficient (Wildman–Crippen LogP) is 3.10. The lowest BCUT2D eigenvalue weighted by Gasteiger charge is -2.14. The van der Waals surface area contributed by atoms with Crippen LogP contribution in [-0.4, -0.2) is 14.2 Å². The minimum absolute atomic E-state index is 0.232. The number of sulfone groups is 1. The fourth-order valence-corrected chi connectivity index (χ4v) is 3.61. The van der Waals surface area contributed by atoms with Crippen molar-refractivity contribution in [1.82, 2.24) is 0 Å². The number of hydrogen-bond acceptors (Lipinski definition) is 2. The molecule has 0 saturated heterocycles. The SMILES string of the molecule is CCCS(=O)(=O)c1cc(C)c(C)c(C)c1C. The molecule has 0 bridgehead atoms. The van der Waals surface area contributed by atoms with Crippen LogP contribution in [0.4, 0.5) is 0 Å². The number of hydrogen-bond donors (Lipinski definition) is 0. The van der Waals surface area contributed by atoms with E-state index in [-0.39, 0.29) is 5.75 Å². The van der Waals surface area contributed by atoms with Crippen LogP contribution < -0.4 is 0 Å². The third-order valence-corrected chi connectivity index (χ3v) is 5.28. The highest BCUT2D eigenvalue weighted by molar-refractivity contribution is 7.91. The van der Waals surface area contributed by atoms with Gasteiger partial charge in [-0.25, -0.2) is 8.42 Å². The van der Waals surface area contributed by atoms with Crippen LogP contribution in [0.3, 0.4) is 0 Å². The molecule has 0 aliphatic carbocycles. The molecule has 1 aromatic carbocycles. The maximum Gasteiger partial charge on any atom is 0.178 e. The minimum atomic E-state index is -3.10. The lowest BCUT2D eigenvalue weighted by molar-refractivity contribution is 0.594. The van der Waals surface area contributed by atoms with E-state index >= 15 is 0 Å². The molecule has 0 aromatic heterocycles. The van der Waals surface area contributed by atoms with Gasteiger partial charge in [0.1, 0.15) is 0 Å². The molecule has 1 aromatic rings. The van der Waals surface area contributed by atoms with E-state index in [0.29, 0.717) is 11.3 Å². The van der Waals surface area contributed by atoms with Gasteiger partial charge in [0.15, 0.2) is 9.84 Å². The highest BCUT2D eigenvalue weighted by Crippen LogP contribution is 2.25. The van der Waals surface area contributed by atoms with E-state index in [9.17, 15) is 8.42 Å². The van der Waals surface area contributed by atoms with E-state index in [4.69, 9.17) is 0 Å². The summed E-state index contributed by atoms with van der Waals surface area (Å²) in [7, 11) is -3.10. The van der Waals surface area contributed by atoms with Crippen LogP contribution in [0.25, 0.3) is 0 Å². The summed E-state index contributed by atoms with van der Waals surface area (Å²) in [5.41, 5.74) is 4.23.